The van der Waals surface area contributed by atoms with Crippen molar-refractivity contribution in [2.24, 2.45) is 0 Å². The first-order chi connectivity index (χ1) is 7.42. The Bertz CT molecular complexity index is 459. The van der Waals surface area contributed by atoms with Gasteiger partial charge < -0.3 is 4.74 Å². The zero-order valence-electron chi connectivity index (χ0n) is 9.26. The van der Waals surface area contributed by atoms with E-state index in [1.165, 1.54) is 6.26 Å². The standard InChI is InChI=1S/C11H14O4S/c1-3-15-11(12)10-6-4-9(5-7-10)8-16(2,13)14/h4-7H,3,8H2,1-2H3. The summed E-state index contributed by atoms with van der Waals surface area (Å²) < 4.78 is 26.9. The van der Waals surface area contributed by atoms with Crippen molar-refractivity contribution >= 4 is 15.8 Å². The van der Waals surface area contributed by atoms with E-state index in [9.17, 15) is 13.2 Å². The highest BCUT2D eigenvalue weighted by molar-refractivity contribution is 7.89. The van der Waals surface area contributed by atoms with Gasteiger partial charge in [-0.3, -0.25) is 0 Å². The van der Waals surface area contributed by atoms with Crippen molar-refractivity contribution in [1.29, 1.82) is 0 Å². The van der Waals surface area contributed by atoms with E-state index in [0.717, 1.165) is 0 Å². The molecule has 0 atom stereocenters. The third kappa shape index (κ3) is 4.02. The molecule has 0 saturated carbocycles. The number of sulfone groups is 1. The van der Waals surface area contributed by atoms with Crippen molar-refractivity contribution in [2.45, 2.75) is 12.7 Å². The molecule has 1 aromatic carbocycles. The fraction of sp³-hybridized carbons (Fsp3) is 0.364. The Morgan fingerprint density at radius 3 is 2.25 bits per heavy atom. The Morgan fingerprint density at radius 1 is 1.25 bits per heavy atom. The fourth-order valence-electron chi connectivity index (χ4n) is 1.25. The maximum Gasteiger partial charge on any atom is 0.338 e. The molecule has 0 aliphatic heterocycles. The second-order valence-corrected chi connectivity index (χ2v) is 5.63. The van der Waals surface area contributed by atoms with Gasteiger partial charge in [-0.2, -0.15) is 0 Å². The van der Waals surface area contributed by atoms with E-state index in [4.69, 9.17) is 4.74 Å². The minimum absolute atomic E-state index is 0.0178. The number of rotatable bonds is 4. The Balaban J connectivity index is 2.79. The lowest BCUT2D eigenvalue weighted by molar-refractivity contribution is 0.0526. The van der Waals surface area contributed by atoms with E-state index in [1.54, 1.807) is 31.2 Å². The number of carbonyl (C=O) groups is 1. The third-order valence-electron chi connectivity index (χ3n) is 1.89. The van der Waals surface area contributed by atoms with Crippen molar-refractivity contribution in [1.82, 2.24) is 0 Å². The van der Waals surface area contributed by atoms with Gasteiger partial charge in [-0.05, 0) is 24.6 Å². The van der Waals surface area contributed by atoms with Crippen LogP contribution in [0.15, 0.2) is 24.3 Å². The van der Waals surface area contributed by atoms with E-state index in [-0.39, 0.29) is 5.75 Å². The molecule has 0 radical (unpaired) electrons. The number of hydrogen-bond acceptors (Lipinski definition) is 4. The predicted octanol–water partition coefficient (Wildman–Crippen LogP) is 1.41. The van der Waals surface area contributed by atoms with Crippen LogP contribution in [-0.4, -0.2) is 27.2 Å². The molecule has 88 valence electrons. The van der Waals surface area contributed by atoms with Crippen LogP contribution in [0.1, 0.15) is 22.8 Å². The number of benzene rings is 1. The van der Waals surface area contributed by atoms with E-state index in [2.05, 4.69) is 0 Å². The third-order valence-corrected chi connectivity index (χ3v) is 2.75. The van der Waals surface area contributed by atoms with Gasteiger partial charge in [0.1, 0.15) is 0 Å². The maximum atomic E-state index is 11.3. The van der Waals surface area contributed by atoms with Crippen LogP contribution in [0.25, 0.3) is 0 Å². The molecule has 0 fully saturated rings. The molecule has 0 amide bonds. The van der Waals surface area contributed by atoms with E-state index in [1.807, 2.05) is 0 Å². The highest BCUT2D eigenvalue weighted by Crippen LogP contribution is 2.08. The Hall–Kier alpha value is -1.36. The zero-order valence-corrected chi connectivity index (χ0v) is 10.1. The predicted molar refractivity (Wildman–Crippen MR) is 60.9 cm³/mol. The summed E-state index contributed by atoms with van der Waals surface area (Å²) in [6, 6.07) is 6.37. The van der Waals surface area contributed by atoms with Crippen LogP contribution in [-0.2, 0) is 20.3 Å². The Kier molecular flexibility index (Phi) is 4.06. The summed E-state index contributed by atoms with van der Waals surface area (Å²) in [5, 5.41) is 0. The fourth-order valence-corrected chi connectivity index (χ4v) is 2.05. The molecule has 0 N–H and O–H groups in total. The van der Waals surface area contributed by atoms with Gasteiger partial charge in [-0.15, -0.1) is 0 Å². The Morgan fingerprint density at radius 2 is 1.81 bits per heavy atom. The molecular weight excluding hydrogens is 228 g/mol. The number of ether oxygens (including phenoxy) is 1. The monoisotopic (exact) mass is 242 g/mol. The van der Waals surface area contributed by atoms with Crippen molar-refractivity contribution in [3.8, 4) is 0 Å². The van der Waals surface area contributed by atoms with Crippen LogP contribution in [0.3, 0.4) is 0 Å². The van der Waals surface area contributed by atoms with Gasteiger partial charge in [0.05, 0.1) is 17.9 Å². The second kappa shape index (κ2) is 5.12. The van der Waals surface area contributed by atoms with E-state index in [0.29, 0.717) is 17.7 Å². The molecule has 16 heavy (non-hydrogen) atoms. The highest BCUT2D eigenvalue weighted by Gasteiger charge is 2.08. The van der Waals surface area contributed by atoms with Gasteiger partial charge in [0.2, 0.25) is 0 Å². The van der Waals surface area contributed by atoms with Crippen LogP contribution in [0, 0.1) is 0 Å². The number of hydrogen-bond donors (Lipinski definition) is 0. The first-order valence-electron chi connectivity index (χ1n) is 4.86. The molecule has 1 rings (SSSR count). The first kappa shape index (κ1) is 12.7. The SMILES string of the molecule is CCOC(=O)c1ccc(CS(C)(=O)=O)cc1. The Labute approximate surface area is 95.2 Å². The molecule has 1 aromatic rings. The van der Waals surface area contributed by atoms with Gasteiger partial charge in [0.25, 0.3) is 0 Å². The normalized spacial score (nSPS) is 11.1. The average molecular weight is 242 g/mol. The molecule has 0 bridgehead atoms. The van der Waals surface area contributed by atoms with Crippen LogP contribution < -0.4 is 0 Å². The molecule has 0 spiro atoms. The lowest BCUT2D eigenvalue weighted by atomic mass is 10.1. The minimum atomic E-state index is -3.04. The molecule has 0 aromatic heterocycles. The van der Waals surface area contributed by atoms with E-state index >= 15 is 0 Å². The smallest absolute Gasteiger partial charge is 0.338 e. The summed E-state index contributed by atoms with van der Waals surface area (Å²) in [6.07, 6.45) is 1.17. The van der Waals surface area contributed by atoms with Crippen molar-refractivity contribution < 1.29 is 17.9 Å². The van der Waals surface area contributed by atoms with Gasteiger partial charge >= 0.3 is 5.97 Å². The van der Waals surface area contributed by atoms with E-state index < -0.39 is 15.8 Å². The summed E-state index contributed by atoms with van der Waals surface area (Å²) in [5.41, 5.74) is 1.09. The average Bonchev–Trinajstić information content (AvgIpc) is 2.16. The van der Waals surface area contributed by atoms with Gasteiger partial charge in [-0.25, -0.2) is 13.2 Å². The summed E-state index contributed by atoms with van der Waals surface area (Å²) in [4.78, 5) is 11.3. The summed E-state index contributed by atoms with van der Waals surface area (Å²) in [7, 11) is -3.04. The maximum absolute atomic E-state index is 11.3. The first-order valence-corrected chi connectivity index (χ1v) is 6.92. The van der Waals surface area contributed by atoms with Crippen LogP contribution in [0.5, 0.6) is 0 Å². The molecule has 0 saturated heterocycles. The number of carbonyl (C=O) groups excluding carboxylic acids is 1. The molecule has 0 unspecified atom stereocenters. The lowest BCUT2D eigenvalue weighted by Crippen LogP contribution is -2.05. The molecule has 0 aliphatic rings. The molecular formula is C11H14O4S. The molecule has 4 nitrogen and oxygen atoms in total. The topological polar surface area (TPSA) is 60.4 Å². The van der Waals surface area contributed by atoms with Gasteiger partial charge in [-0.1, -0.05) is 12.1 Å². The highest BCUT2D eigenvalue weighted by atomic mass is 32.2. The molecule has 0 aliphatic carbocycles. The van der Waals surface area contributed by atoms with Crippen LogP contribution in [0.4, 0.5) is 0 Å². The largest absolute Gasteiger partial charge is 0.462 e. The van der Waals surface area contributed by atoms with Crippen molar-refractivity contribution in [2.75, 3.05) is 12.9 Å². The molecule has 0 heterocycles. The number of esters is 1. The van der Waals surface area contributed by atoms with Crippen LogP contribution in [0.2, 0.25) is 0 Å². The zero-order chi connectivity index (χ0) is 12.2. The van der Waals surface area contributed by atoms with Crippen molar-refractivity contribution in [3.63, 3.8) is 0 Å². The van der Waals surface area contributed by atoms with Gasteiger partial charge in [0.15, 0.2) is 9.84 Å². The summed E-state index contributed by atoms with van der Waals surface area (Å²) >= 11 is 0. The summed E-state index contributed by atoms with van der Waals surface area (Å²) in [6.45, 7) is 2.06. The lowest BCUT2D eigenvalue weighted by Gasteiger charge is -2.03. The molecule has 5 heteroatoms. The van der Waals surface area contributed by atoms with Gasteiger partial charge in [0, 0.05) is 6.26 Å². The summed E-state index contributed by atoms with van der Waals surface area (Å²) in [5.74, 6) is -0.413. The second-order valence-electron chi connectivity index (χ2n) is 3.49. The quantitative estimate of drug-likeness (QED) is 0.749. The minimum Gasteiger partial charge on any atom is -0.462 e. The van der Waals surface area contributed by atoms with Crippen molar-refractivity contribution in [3.05, 3.63) is 35.4 Å². The van der Waals surface area contributed by atoms with Crippen LogP contribution >= 0.6 is 0 Å².